The number of hydrogen-bond donors (Lipinski definition) is 0. The summed E-state index contributed by atoms with van der Waals surface area (Å²) in [7, 11) is 0. The molecule has 2 heteroatoms. The van der Waals surface area contributed by atoms with Gasteiger partial charge in [-0.2, -0.15) is 0 Å². The van der Waals surface area contributed by atoms with Gasteiger partial charge in [-0.1, -0.05) is 48.0 Å². The second kappa shape index (κ2) is 3.10. The third-order valence-electron chi connectivity index (χ3n) is 2.52. The first-order valence-corrected chi connectivity index (χ1v) is 5.26. The molecule has 0 aromatic heterocycles. The van der Waals surface area contributed by atoms with Crippen molar-refractivity contribution in [3.8, 4) is 0 Å². The van der Waals surface area contributed by atoms with Gasteiger partial charge in [0.15, 0.2) is 0 Å². The predicted octanol–water partition coefficient (Wildman–Crippen LogP) is 3.55. The summed E-state index contributed by atoms with van der Waals surface area (Å²) in [6, 6.07) is 8.26. The highest BCUT2D eigenvalue weighted by atomic mass is 79.9. The Morgan fingerprint density at radius 1 is 1.38 bits per heavy atom. The molecule has 1 atom stereocenters. The Bertz CT molecular complexity index is 320. The monoisotopic (exact) mass is 240 g/mol. The second-order valence-electron chi connectivity index (χ2n) is 4.20. The molecular weight excluding hydrogens is 228 g/mol. The van der Waals surface area contributed by atoms with E-state index in [1.807, 2.05) is 6.07 Å². The number of benzene rings is 1. The summed E-state index contributed by atoms with van der Waals surface area (Å²) in [4.78, 5) is 0. The molecule has 0 amide bonds. The van der Waals surface area contributed by atoms with Gasteiger partial charge in [0.2, 0.25) is 0 Å². The quantitative estimate of drug-likeness (QED) is 0.730. The van der Waals surface area contributed by atoms with E-state index >= 15 is 0 Å². The van der Waals surface area contributed by atoms with Gasteiger partial charge in [0.05, 0.1) is 12.7 Å². The van der Waals surface area contributed by atoms with Crippen molar-refractivity contribution in [2.24, 2.45) is 5.41 Å². The van der Waals surface area contributed by atoms with E-state index in [9.17, 15) is 0 Å². The van der Waals surface area contributed by atoms with Crippen molar-refractivity contribution < 1.29 is 4.74 Å². The summed E-state index contributed by atoms with van der Waals surface area (Å²) < 4.78 is 6.73. The first kappa shape index (κ1) is 9.22. The minimum atomic E-state index is 0.253. The summed E-state index contributed by atoms with van der Waals surface area (Å²) in [5.74, 6) is 0. The van der Waals surface area contributed by atoms with Crippen LogP contribution in [0.25, 0.3) is 0 Å². The largest absolute Gasteiger partial charge is 0.372 e. The lowest BCUT2D eigenvalue weighted by atomic mass is 9.79. The number of rotatable bonds is 1. The molecule has 0 radical (unpaired) electrons. The van der Waals surface area contributed by atoms with Crippen LogP contribution < -0.4 is 0 Å². The van der Waals surface area contributed by atoms with Crippen LogP contribution in [0.2, 0.25) is 0 Å². The van der Waals surface area contributed by atoms with Gasteiger partial charge in [-0.15, -0.1) is 0 Å². The highest BCUT2D eigenvalue weighted by Gasteiger charge is 2.41. The Morgan fingerprint density at radius 3 is 2.54 bits per heavy atom. The second-order valence-corrected chi connectivity index (χ2v) is 5.06. The predicted molar refractivity (Wildman–Crippen MR) is 56.6 cm³/mol. The fraction of sp³-hybridized carbons (Fsp3) is 0.455. The highest BCUT2D eigenvalue weighted by molar-refractivity contribution is 9.10. The lowest BCUT2D eigenvalue weighted by Crippen LogP contribution is -2.40. The van der Waals surface area contributed by atoms with E-state index in [2.05, 4.69) is 48.0 Å². The van der Waals surface area contributed by atoms with Crippen molar-refractivity contribution in [1.82, 2.24) is 0 Å². The minimum absolute atomic E-state index is 0.253. The molecule has 1 saturated heterocycles. The Labute approximate surface area is 87.2 Å². The molecule has 2 rings (SSSR count). The maximum atomic E-state index is 5.58. The Hall–Kier alpha value is -0.340. The SMILES string of the molecule is CC1(C)CO[C@H]1c1ccccc1Br. The van der Waals surface area contributed by atoms with Crippen LogP contribution in [0.3, 0.4) is 0 Å². The minimum Gasteiger partial charge on any atom is -0.372 e. The fourth-order valence-electron chi connectivity index (χ4n) is 1.70. The van der Waals surface area contributed by atoms with Crippen molar-refractivity contribution >= 4 is 15.9 Å². The maximum absolute atomic E-state index is 5.58. The van der Waals surface area contributed by atoms with Gasteiger partial charge in [0.1, 0.15) is 0 Å². The van der Waals surface area contributed by atoms with E-state index in [1.165, 1.54) is 5.56 Å². The lowest BCUT2D eigenvalue weighted by Gasteiger charge is -2.44. The van der Waals surface area contributed by atoms with Gasteiger partial charge in [0.25, 0.3) is 0 Å². The van der Waals surface area contributed by atoms with E-state index in [4.69, 9.17) is 4.74 Å². The topological polar surface area (TPSA) is 9.23 Å². The summed E-state index contributed by atoms with van der Waals surface area (Å²) in [6.07, 6.45) is 0.253. The van der Waals surface area contributed by atoms with Crippen LogP contribution in [-0.2, 0) is 4.74 Å². The molecule has 0 N–H and O–H groups in total. The number of ether oxygens (including phenoxy) is 1. The Kier molecular flexibility index (Phi) is 2.20. The van der Waals surface area contributed by atoms with Crippen LogP contribution in [-0.4, -0.2) is 6.61 Å². The average molecular weight is 241 g/mol. The lowest BCUT2D eigenvalue weighted by molar-refractivity contribution is -0.172. The molecule has 0 unspecified atom stereocenters. The molecule has 70 valence electrons. The molecule has 1 nitrogen and oxygen atoms in total. The first-order valence-electron chi connectivity index (χ1n) is 4.47. The van der Waals surface area contributed by atoms with Crippen molar-refractivity contribution in [3.05, 3.63) is 34.3 Å². The maximum Gasteiger partial charge on any atom is 0.0908 e. The fourth-order valence-corrected chi connectivity index (χ4v) is 2.19. The van der Waals surface area contributed by atoms with E-state index in [0.29, 0.717) is 0 Å². The molecule has 13 heavy (non-hydrogen) atoms. The molecule has 1 aromatic carbocycles. The molecule has 1 aromatic rings. The molecule has 1 fully saturated rings. The van der Waals surface area contributed by atoms with Crippen LogP contribution in [0.5, 0.6) is 0 Å². The summed E-state index contributed by atoms with van der Waals surface area (Å²) in [6.45, 7) is 5.33. The molecule has 1 heterocycles. The Morgan fingerprint density at radius 2 is 2.08 bits per heavy atom. The van der Waals surface area contributed by atoms with Crippen molar-refractivity contribution in [2.45, 2.75) is 20.0 Å². The van der Waals surface area contributed by atoms with Crippen molar-refractivity contribution in [1.29, 1.82) is 0 Å². The molecule has 1 aliphatic heterocycles. The standard InChI is InChI=1S/C11H13BrO/c1-11(2)7-13-10(11)8-5-3-4-6-9(8)12/h3-6,10H,7H2,1-2H3/t10-/m0/s1. The molecule has 1 aliphatic rings. The molecule has 0 spiro atoms. The van der Waals surface area contributed by atoms with Gasteiger partial charge < -0.3 is 4.74 Å². The van der Waals surface area contributed by atoms with Crippen LogP contribution in [0.4, 0.5) is 0 Å². The van der Waals surface area contributed by atoms with Crippen LogP contribution >= 0.6 is 15.9 Å². The third kappa shape index (κ3) is 1.53. The highest BCUT2D eigenvalue weighted by Crippen LogP contribution is 2.47. The number of halogens is 1. The summed E-state index contributed by atoms with van der Waals surface area (Å²) in [5.41, 5.74) is 1.54. The van der Waals surface area contributed by atoms with Crippen LogP contribution in [0, 0.1) is 5.41 Å². The van der Waals surface area contributed by atoms with E-state index in [1.54, 1.807) is 0 Å². The van der Waals surface area contributed by atoms with Crippen molar-refractivity contribution in [2.75, 3.05) is 6.61 Å². The van der Waals surface area contributed by atoms with Crippen LogP contribution in [0.15, 0.2) is 28.7 Å². The van der Waals surface area contributed by atoms with E-state index in [0.717, 1.165) is 11.1 Å². The van der Waals surface area contributed by atoms with Gasteiger partial charge in [0, 0.05) is 9.89 Å². The van der Waals surface area contributed by atoms with E-state index < -0.39 is 0 Å². The first-order chi connectivity index (χ1) is 6.11. The van der Waals surface area contributed by atoms with Crippen molar-refractivity contribution in [3.63, 3.8) is 0 Å². The number of hydrogen-bond acceptors (Lipinski definition) is 1. The molecular formula is C11H13BrO. The average Bonchev–Trinajstić information content (AvgIpc) is 2.07. The zero-order valence-electron chi connectivity index (χ0n) is 7.88. The van der Waals surface area contributed by atoms with Crippen LogP contribution in [0.1, 0.15) is 25.5 Å². The molecule has 0 aliphatic carbocycles. The Balaban J connectivity index is 2.32. The normalized spacial score (nSPS) is 25.3. The smallest absolute Gasteiger partial charge is 0.0908 e. The van der Waals surface area contributed by atoms with Gasteiger partial charge in [-0.05, 0) is 11.6 Å². The third-order valence-corrected chi connectivity index (χ3v) is 3.24. The zero-order chi connectivity index (χ0) is 9.47. The van der Waals surface area contributed by atoms with Gasteiger partial charge in [-0.25, -0.2) is 0 Å². The zero-order valence-corrected chi connectivity index (χ0v) is 9.47. The molecule has 0 bridgehead atoms. The summed E-state index contributed by atoms with van der Waals surface area (Å²) in [5, 5.41) is 0. The van der Waals surface area contributed by atoms with E-state index in [-0.39, 0.29) is 11.5 Å². The molecule has 0 saturated carbocycles. The van der Waals surface area contributed by atoms with Gasteiger partial charge in [-0.3, -0.25) is 0 Å². The summed E-state index contributed by atoms with van der Waals surface area (Å²) >= 11 is 3.54. The van der Waals surface area contributed by atoms with Gasteiger partial charge >= 0.3 is 0 Å².